The third-order valence-electron chi connectivity index (χ3n) is 4.67. The lowest BCUT2D eigenvalue weighted by atomic mass is 9.80. The van der Waals surface area contributed by atoms with E-state index in [0.717, 1.165) is 0 Å². The molecule has 9 nitrogen and oxygen atoms in total. The number of nitro groups is 1. The van der Waals surface area contributed by atoms with Crippen molar-refractivity contribution in [2.24, 2.45) is 5.92 Å². The maximum Gasteiger partial charge on any atom is 0.336 e. The average Bonchev–Trinajstić information content (AvgIpc) is 2.69. The number of nitrogens with zero attached hydrogens (tertiary/aromatic N) is 2. The number of hydrogen-bond acceptors (Lipinski definition) is 7. The Balaban J connectivity index is 2.52. The molecule has 30 heavy (non-hydrogen) atoms. The molecule has 0 saturated carbocycles. The van der Waals surface area contributed by atoms with E-state index in [0.29, 0.717) is 17.8 Å². The number of rotatable bonds is 8. The number of nitriles is 1. The zero-order valence-corrected chi connectivity index (χ0v) is 16.5. The first-order valence-corrected chi connectivity index (χ1v) is 9.05. The van der Waals surface area contributed by atoms with Crippen molar-refractivity contribution in [3.8, 4) is 6.07 Å². The van der Waals surface area contributed by atoms with Crippen LogP contribution in [-0.2, 0) is 14.3 Å². The van der Waals surface area contributed by atoms with Gasteiger partial charge in [0.25, 0.3) is 5.69 Å². The Bertz CT molecular complexity index is 1000. The van der Waals surface area contributed by atoms with Gasteiger partial charge in [0, 0.05) is 23.5 Å². The van der Waals surface area contributed by atoms with Crippen molar-refractivity contribution >= 4 is 17.6 Å². The number of carboxylic acids is 1. The largest absolute Gasteiger partial charge is 0.478 e. The Hall–Kier alpha value is -3.93. The van der Waals surface area contributed by atoms with Crippen LogP contribution >= 0.6 is 0 Å². The van der Waals surface area contributed by atoms with Gasteiger partial charge in [-0.25, -0.2) is 9.59 Å². The first kappa shape index (κ1) is 22.4. The van der Waals surface area contributed by atoms with Crippen LogP contribution in [0.1, 0.15) is 31.7 Å². The van der Waals surface area contributed by atoms with Crippen molar-refractivity contribution in [3.05, 3.63) is 75.1 Å². The zero-order chi connectivity index (χ0) is 22.4. The smallest absolute Gasteiger partial charge is 0.336 e. The maximum atomic E-state index is 12.9. The number of nitrogens with one attached hydrogen (secondary N) is 1. The molecule has 0 bridgehead atoms. The van der Waals surface area contributed by atoms with Gasteiger partial charge in [0.2, 0.25) is 0 Å². The average molecular weight is 411 g/mol. The maximum absolute atomic E-state index is 12.9. The Morgan fingerprint density at radius 3 is 2.63 bits per heavy atom. The van der Waals surface area contributed by atoms with Crippen LogP contribution in [0.15, 0.2) is 59.5 Å². The molecule has 2 unspecified atom stereocenters. The van der Waals surface area contributed by atoms with Gasteiger partial charge in [-0.2, -0.15) is 5.26 Å². The second-order valence-corrected chi connectivity index (χ2v) is 6.74. The van der Waals surface area contributed by atoms with E-state index < -0.39 is 28.7 Å². The number of ether oxygens (including phenoxy) is 1. The molecule has 2 rings (SSSR count). The summed E-state index contributed by atoms with van der Waals surface area (Å²) in [4.78, 5) is 35.5. The third-order valence-corrected chi connectivity index (χ3v) is 4.67. The molecule has 0 fully saturated rings. The highest BCUT2D eigenvalue weighted by Crippen LogP contribution is 2.39. The molecule has 9 heteroatoms. The molecule has 0 spiro atoms. The number of dihydropyridines is 1. The summed E-state index contributed by atoms with van der Waals surface area (Å²) in [5.74, 6) is -3.73. The van der Waals surface area contributed by atoms with E-state index in [9.17, 15) is 24.8 Å². The van der Waals surface area contributed by atoms with Crippen LogP contribution in [0.3, 0.4) is 0 Å². The molecular weight excluding hydrogens is 390 g/mol. The molecule has 1 aliphatic heterocycles. The summed E-state index contributed by atoms with van der Waals surface area (Å²) in [6.07, 6.45) is 1.86. The van der Waals surface area contributed by atoms with Crippen LogP contribution in [0.5, 0.6) is 0 Å². The van der Waals surface area contributed by atoms with Gasteiger partial charge in [-0.05, 0) is 25.8 Å². The topological polar surface area (TPSA) is 143 Å². The first-order chi connectivity index (χ1) is 14.2. The highest BCUT2D eigenvalue weighted by atomic mass is 16.6. The van der Waals surface area contributed by atoms with Gasteiger partial charge in [0.05, 0.1) is 34.0 Å². The minimum absolute atomic E-state index is 0.0220. The van der Waals surface area contributed by atoms with Crippen molar-refractivity contribution in [2.75, 3.05) is 6.61 Å². The summed E-state index contributed by atoms with van der Waals surface area (Å²) in [7, 11) is 0. The summed E-state index contributed by atoms with van der Waals surface area (Å²) in [6.45, 7) is 6.51. The molecule has 0 aromatic heterocycles. The van der Waals surface area contributed by atoms with Crippen LogP contribution in [0.25, 0.3) is 0 Å². The summed E-state index contributed by atoms with van der Waals surface area (Å²) >= 11 is 0. The number of carbonyl (C=O) groups is 2. The zero-order valence-electron chi connectivity index (χ0n) is 16.5. The molecule has 2 atom stereocenters. The number of non-ortho nitro benzene ring substituents is 1. The molecule has 1 aromatic carbocycles. The molecule has 156 valence electrons. The predicted molar refractivity (Wildman–Crippen MR) is 107 cm³/mol. The van der Waals surface area contributed by atoms with E-state index in [1.165, 1.54) is 30.3 Å². The highest BCUT2D eigenvalue weighted by Gasteiger charge is 2.38. The molecule has 0 radical (unpaired) electrons. The molecule has 0 saturated heterocycles. The third kappa shape index (κ3) is 4.72. The summed E-state index contributed by atoms with van der Waals surface area (Å²) in [6, 6.07) is 7.48. The van der Waals surface area contributed by atoms with Crippen molar-refractivity contribution in [1.82, 2.24) is 5.32 Å². The molecular formula is C21H21N3O6. The Morgan fingerprint density at radius 1 is 1.40 bits per heavy atom. The van der Waals surface area contributed by atoms with Crippen LogP contribution in [0.2, 0.25) is 0 Å². The first-order valence-electron chi connectivity index (χ1n) is 9.05. The van der Waals surface area contributed by atoms with Gasteiger partial charge in [-0.3, -0.25) is 10.1 Å². The quantitative estimate of drug-likeness (QED) is 0.287. The number of aliphatic carboxylic acids is 1. The van der Waals surface area contributed by atoms with Crippen molar-refractivity contribution in [3.63, 3.8) is 0 Å². The molecule has 1 heterocycles. The monoisotopic (exact) mass is 411 g/mol. The summed E-state index contributed by atoms with van der Waals surface area (Å²) in [5.41, 5.74) is 0.640. The number of hydrogen-bond donors (Lipinski definition) is 2. The number of allylic oxidation sites excluding steroid dienone is 3. The number of carbonyl (C=O) groups excluding carboxylic acids is 1. The number of nitro benzene ring substituents is 1. The van der Waals surface area contributed by atoms with E-state index in [2.05, 4.69) is 11.9 Å². The van der Waals surface area contributed by atoms with Crippen LogP contribution in [-0.4, -0.2) is 28.6 Å². The van der Waals surface area contributed by atoms with Crippen LogP contribution < -0.4 is 5.32 Å². The van der Waals surface area contributed by atoms with Crippen molar-refractivity contribution in [2.45, 2.75) is 26.2 Å². The lowest BCUT2D eigenvalue weighted by molar-refractivity contribution is -0.384. The Morgan fingerprint density at radius 2 is 2.07 bits per heavy atom. The highest BCUT2D eigenvalue weighted by molar-refractivity contribution is 5.99. The second-order valence-electron chi connectivity index (χ2n) is 6.74. The SMILES string of the molecule is C=CCC(C#N)COC(=O)C1=C(C)NC(C)=C(C(=O)O)C1c1cccc([N+](=O)[O-])c1. The van der Waals surface area contributed by atoms with Gasteiger partial charge < -0.3 is 15.2 Å². The molecule has 1 aliphatic rings. The van der Waals surface area contributed by atoms with Gasteiger partial charge >= 0.3 is 11.9 Å². The normalized spacial score (nSPS) is 16.9. The molecule has 1 aromatic rings. The Kier molecular flexibility index (Phi) is 7.09. The van der Waals surface area contributed by atoms with Crippen LogP contribution in [0, 0.1) is 27.4 Å². The summed E-state index contributed by atoms with van der Waals surface area (Å²) < 4.78 is 5.29. The van der Waals surface area contributed by atoms with Gasteiger partial charge in [0.15, 0.2) is 0 Å². The number of benzene rings is 1. The van der Waals surface area contributed by atoms with E-state index in [1.54, 1.807) is 13.8 Å². The number of esters is 1. The lowest BCUT2D eigenvalue weighted by Gasteiger charge is -2.29. The fourth-order valence-electron chi connectivity index (χ4n) is 3.31. The number of carboxylic acid groups (broad SMARTS) is 1. The van der Waals surface area contributed by atoms with E-state index in [-0.39, 0.29) is 29.0 Å². The Labute approximate surface area is 173 Å². The molecule has 0 amide bonds. The minimum atomic E-state index is -1.27. The van der Waals surface area contributed by atoms with E-state index in [1.807, 2.05) is 6.07 Å². The van der Waals surface area contributed by atoms with Crippen LogP contribution in [0.4, 0.5) is 5.69 Å². The molecule has 0 aliphatic carbocycles. The van der Waals surface area contributed by atoms with Gasteiger partial charge in [0.1, 0.15) is 6.61 Å². The predicted octanol–water partition coefficient (Wildman–Crippen LogP) is 3.17. The second kappa shape index (κ2) is 9.52. The standard InChI is InChI=1S/C21H21N3O6/c1-4-6-14(10-22)11-30-21(27)18-13(3)23-12(2)17(20(25)26)19(18)15-7-5-8-16(9-15)24(28)29/h4-5,7-9,14,19,23H,1,6,11H2,2-3H3,(H,25,26). The van der Waals surface area contributed by atoms with E-state index in [4.69, 9.17) is 10.00 Å². The van der Waals surface area contributed by atoms with Gasteiger partial charge in [-0.1, -0.05) is 18.2 Å². The van der Waals surface area contributed by atoms with E-state index >= 15 is 0 Å². The lowest BCUT2D eigenvalue weighted by Crippen LogP contribution is -2.32. The molecule has 2 N–H and O–H groups in total. The van der Waals surface area contributed by atoms with Crippen molar-refractivity contribution < 1.29 is 24.4 Å². The fraction of sp³-hybridized carbons (Fsp3) is 0.286. The van der Waals surface area contributed by atoms with Crippen molar-refractivity contribution in [1.29, 1.82) is 5.26 Å². The summed E-state index contributed by atoms with van der Waals surface area (Å²) in [5, 5.41) is 33.0. The van der Waals surface area contributed by atoms with Gasteiger partial charge in [-0.15, -0.1) is 6.58 Å². The fourth-order valence-corrected chi connectivity index (χ4v) is 3.31. The minimum Gasteiger partial charge on any atom is -0.478 e.